The molecule has 0 aliphatic carbocycles. The second kappa shape index (κ2) is 9.59. The van der Waals surface area contributed by atoms with Crippen LogP contribution in [-0.4, -0.2) is 60.9 Å². The first-order valence-corrected chi connectivity index (χ1v) is 11.8. The Hall–Kier alpha value is -3.80. The highest BCUT2D eigenvalue weighted by atomic mass is 16.5. The predicted molar refractivity (Wildman–Crippen MR) is 132 cm³/mol. The fourth-order valence-electron chi connectivity index (χ4n) is 4.97. The number of amides is 2. The number of fused-ring (bicyclic) bond motifs is 1. The van der Waals surface area contributed by atoms with Crippen molar-refractivity contribution < 1.29 is 14.3 Å². The molecular formula is C28H29N3O3. The summed E-state index contributed by atoms with van der Waals surface area (Å²) in [5.41, 5.74) is 3.79. The van der Waals surface area contributed by atoms with Crippen LogP contribution in [0.25, 0.3) is 0 Å². The zero-order chi connectivity index (χ0) is 23.5. The topological polar surface area (TPSA) is 53.1 Å². The predicted octanol–water partition coefficient (Wildman–Crippen LogP) is 3.61. The summed E-state index contributed by atoms with van der Waals surface area (Å²) in [5, 5.41) is 0. The lowest BCUT2D eigenvalue weighted by Gasteiger charge is -2.39. The van der Waals surface area contributed by atoms with Gasteiger partial charge in [0, 0.05) is 44.7 Å². The van der Waals surface area contributed by atoms with Crippen molar-refractivity contribution in [2.24, 2.45) is 0 Å². The Balaban J connectivity index is 1.35. The molecule has 1 saturated heterocycles. The molecule has 0 saturated carbocycles. The van der Waals surface area contributed by atoms with Crippen molar-refractivity contribution in [1.29, 1.82) is 0 Å². The molecule has 6 nitrogen and oxygen atoms in total. The molecule has 3 aromatic rings. The molecule has 0 bridgehead atoms. The first kappa shape index (κ1) is 22.0. The van der Waals surface area contributed by atoms with E-state index in [0.29, 0.717) is 31.6 Å². The molecule has 1 atom stereocenters. The van der Waals surface area contributed by atoms with Crippen LogP contribution in [-0.2, 0) is 17.8 Å². The van der Waals surface area contributed by atoms with Crippen molar-refractivity contribution in [2.75, 3.05) is 38.2 Å². The number of nitrogens with zero attached hydrogens (tertiary/aromatic N) is 3. The monoisotopic (exact) mass is 455 g/mol. The smallest absolute Gasteiger partial charge is 0.255 e. The van der Waals surface area contributed by atoms with Crippen LogP contribution in [0.1, 0.15) is 21.5 Å². The van der Waals surface area contributed by atoms with Gasteiger partial charge in [0.2, 0.25) is 5.91 Å². The Morgan fingerprint density at radius 2 is 1.56 bits per heavy atom. The molecule has 3 aromatic carbocycles. The number of ether oxygens (including phenoxy) is 1. The van der Waals surface area contributed by atoms with Crippen molar-refractivity contribution >= 4 is 17.5 Å². The lowest BCUT2D eigenvalue weighted by Crippen LogP contribution is -2.55. The molecule has 34 heavy (non-hydrogen) atoms. The molecule has 1 fully saturated rings. The van der Waals surface area contributed by atoms with Gasteiger partial charge in [-0.25, -0.2) is 0 Å². The lowest BCUT2D eigenvalue weighted by molar-refractivity contribution is -0.136. The first-order valence-electron chi connectivity index (χ1n) is 11.8. The Morgan fingerprint density at radius 1 is 0.882 bits per heavy atom. The van der Waals surface area contributed by atoms with Crippen molar-refractivity contribution in [2.45, 2.75) is 19.0 Å². The quantitative estimate of drug-likeness (QED) is 0.570. The molecule has 0 radical (unpaired) electrons. The number of hydrogen-bond donors (Lipinski definition) is 0. The molecule has 2 amide bonds. The third-order valence-electron chi connectivity index (χ3n) is 6.80. The second-order valence-corrected chi connectivity index (χ2v) is 8.78. The average molecular weight is 456 g/mol. The summed E-state index contributed by atoms with van der Waals surface area (Å²) in [6.45, 7) is 3.13. The maximum absolute atomic E-state index is 13.8. The van der Waals surface area contributed by atoms with Crippen LogP contribution in [0.15, 0.2) is 78.9 Å². The summed E-state index contributed by atoms with van der Waals surface area (Å²) in [6.07, 6.45) is 0.506. The number of carbonyl (C=O) groups excluding carboxylic acids is 2. The molecule has 0 spiro atoms. The van der Waals surface area contributed by atoms with Gasteiger partial charge in [0.05, 0.1) is 12.8 Å². The largest absolute Gasteiger partial charge is 0.495 e. The number of methoxy groups -OCH3 is 1. The van der Waals surface area contributed by atoms with E-state index in [0.717, 1.165) is 35.7 Å². The van der Waals surface area contributed by atoms with Gasteiger partial charge in [-0.2, -0.15) is 0 Å². The van der Waals surface area contributed by atoms with E-state index in [-0.39, 0.29) is 11.8 Å². The lowest BCUT2D eigenvalue weighted by atomic mass is 10.0. The van der Waals surface area contributed by atoms with Crippen molar-refractivity contribution in [3.63, 3.8) is 0 Å². The van der Waals surface area contributed by atoms with Crippen LogP contribution in [0.4, 0.5) is 5.69 Å². The zero-order valence-corrected chi connectivity index (χ0v) is 19.4. The average Bonchev–Trinajstić information content (AvgIpc) is 3.23. The third-order valence-corrected chi connectivity index (χ3v) is 6.80. The van der Waals surface area contributed by atoms with Gasteiger partial charge in [-0.15, -0.1) is 0 Å². The summed E-state index contributed by atoms with van der Waals surface area (Å²) in [5.74, 6) is 0.798. The normalized spacial score (nSPS) is 16.4. The molecule has 6 heteroatoms. The fourth-order valence-corrected chi connectivity index (χ4v) is 4.97. The summed E-state index contributed by atoms with van der Waals surface area (Å²) in [4.78, 5) is 33.0. The summed E-state index contributed by atoms with van der Waals surface area (Å²) < 4.78 is 5.52. The van der Waals surface area contributed by atoms with Gasteiger partial charge >= 0.3 is 0 Å². The maximum atomic E-state index is 13.8. The third kappa shape index (κ3) is 4.23. The number of rotatable bonds is 6. The Bertz CT molecular complexity index is 1170. The van der Waals surface area contributed by atoms with E-state index in [2.05, 4.69) is 11.0 Å². The number of benzene rings is 3. The molecular weight excluding hydrogens is 426 g/mol. The number of para-hydroxylation sites is 2. The SMILES string of the molecule is COc1ccccc1N1CCN(C(=O)C(Cc2ccccc2)N2Cc3ccccc3C2=O)CC1. The van der Waals surface area contributed by atoms with E-state index in [9.17, 15) is 9.59 Å². The Labute approximate surface area is 200 Å². The summed E-state index contributed by atoms with van der Waals surface area (Å²) >= 11 is 0. The standard InChI is InChI=1S/C28H29N3O3/c1-34-26-14-8-7-13-24(26)29-15-17-30(18-16-29)28(33)25(19-21-9-3-2-4-10-21)31-20-22-11-5-6-12-23(22)27(31)32/h2-14,25H,15-20H2,1H3. The number of hydrogen-bond acceptors (Lipinski definition) is 4. The highest BCUT2D eigenvalue weighted by molar-refractivity contribution is 6.01. The zero-order valence-electron chi connectivity index (χ0n) is 19.4. The van der Waals surface area contributed by atoms with Crippen LogP contribution in [0.2, 0.25) is 0 Å². The molecule has 174 valence electrons. The summed E-state index contributed by atoms with van der Waals surface area (Å²) in [6, 6.07) is 25.1. The van der Waals surface area contributed by atoms with Crippen LogP contribution < -0.4 is 9.64 Å². The van der Waals surface area contributed by atoms with Crippen LogP contribution in [0.5, 0.6) is 5.75 Å². The number of carbonyl (C=O) groups is 2. The highest BCUT2D eigenvalue weighted by Crippen LogP contribution is 2.30. The van der Waals surface area contributed by atoms with E-state index >= 15 is 0 Å². The van der Waals surface area contributed by atoms with Crippen LogP contribution in [0, 0.1) is 0 Å². The molecule has 1 unspecified atom stereocenters. The van der Waals surface area contributed by atoms with Crippen molar-refractivity contribution in [3.8, 4) is 5.75 Å². The molecule has 5 rings (SSSR count). The highest BCUT2D eigenvalue weighted by Gasteiger charge is 2.38. The van der Waals surface area contributed by atoms with Gasteiger partial charge in [0.15, 0.2) is 0 Å². The fraction of sp³-hybridized carbons (Fsp3) is 0.286. The second-order valence-electron chi connectivity index (χ2n) is 8.78. The van der Waals surface area contributed by atoms with Gasteiger partial charge in [-0.05, 0) is 29.3 Å². The minimum atomic E-state index is -0.528. The van der Waals surface area contributed by atoms with E-state index in [1.807, 2.05) is 77.7 Å². The Morgan fingerprint density at radius 3 is 2.29 bits per heavy atom. The van der Waals surface area contributed by atoms with Crippen molar-refractivity contribution in [1.82, 2.24) is 9.80 Å². The molecule has 0 aromatic heterocycles. The van der Waals surface area contributed by atoms with E-state index in [1.54, 1.807) is 12.0 Å². The van der Waals surface area contributed by atoms with Gasteiger partial charge in [0.25, 0.3) is 5.91 Å². The molecule has 2 aliphatic rings. The van der Waals surface area contributed by atoms with Crippen LogP contribution >= 0.6 is 0 Å². The van der Waals surface area contributed by atoms with Crippen LogP contribution in [0.3, 0.4) is 0 Å². The minimum Gasteiger partial charge on any atom is -0.495 e. The van der Waals surface area contributed by atoms with E-state index in [1.165, 1.54) is 0 Å². The van der Waals surface area contributed by atoms with E-state index < -0.39 is 6.04 Å². The summed E-state index contributed by atoms with van der Waals surface area (Å²) in [7, 11) is 1.68. The van der Waals surface area contributed by atoms with E-state index in [4.69, 9.17) is 4.74 Å². The molecule has 2 aliphatic heterocycles. The first-order chi connectivity index (χ1) is 16.7. The minimum absolute atomic E-state index is 0.0182. The molecule has 2 heterocycles. The van der Waals surface area contributed by atoms with Crippen molar-refractivity contribution in [3.05, 3.63) is 95.6 Å². The van der Waals surface area contributed by atoms with Gasteiger partial charge in [-0.1, -0.05) is 60.7 Å². The number of piperazine rings is 1. The van der Waals surface area contributed by atoms with Gasteiger partial charge < -0.3 is 19.4 Å². The number of anilines is 1. The Kier molecular flexibility index (Phi) is 6.21. The molecule has 0 N–H and O–H groups in total. The van der Waals surface area contributed by atoms with Gasteiger partial charge in [-0.3, -0.25) is 9.59 Å². The van der Waals surface area contributed by atoms with Gasteiger partial charge in [0.1, 0.15) is 11.8 Å². The maximum Gasteiger partial charge on any atom is 0.255 e.